The van der Waals surface area contributed by atoms with Crippen molar-refractivity contribution in [2.24, 2.45) is 5.92 Å². The number of urea groups is 1. The molecule has 7 heteroatoms. The highest BCUT2D eigenvalue weighted by molar-refractivity contribution is 5.75. The lowest BCUT2D eigenvalue weighted by Crippen LogP contribution is -2.59. The topological polar surface area (TPSA) is 81.5 Å². The van der Waals surface area contributed by atoms with Crippen molar-refractivity contribution in [3.8, 4) is 6.07 Å². The van der Waals surface area contributed by atoms with Crippen molar-refractivity contribution in [2.45, 2.75) is 84.5 Å². The fraction of sp³-hybridized carbons (Fsp3) is 0.720. The van der Waals surface area contributed by atoms with Crippen LogP contribution < -0.4 is 10.2 Å². The second-order valence-electron chi connectivity index (χ2n) is 10.4. The van der Waals surface area contributed by atoms with Gasteiger partial charge in [0.25, 0.3) is 0 Å². The molecule has 1 aromatic rings. The van der Waals surface area contributed by atoms with Gasteiger partial charge in [-0.2, -0.15) is 5.26 Å². The summed E-state index contributed by atoms with van der Waals surface area (Å²) in [7, 11) is 0. The van der Waals surface area contributed by atoms with Crippen LogP contribution in [-0.2, 0) is 17.8 Å². The molecule has 1 unspecified atom stereocenters. The molecule has 1 aromatic heterocycles. The van der Waals surface area contributed by atoms with E-state index in [2.05, 4.69) is 50.9 Å². The molecule has 0 aromatic carbocycles. The molecule has 174 valence electrons. The van der Waals surface area contributed by atoms with Crippen LogP contribution in [0.5, 0.6) is 0 Å². The Hall–Kier alpha value is -2.33. The van der Waals surface area contributed by atoms with Crippen molar-refractivity contribution in [2.75, 3.05) is 31.1 Å². The third-order valence-corrected chi connectivity index (χ3v) is 6.99. The fourth-order valence-electron chi connectivity index (χ4n) is 4.98. The van der Waals surface area contributed by atoms with E-state index in [0.717, 1.165) is 48.3 Å². The summed E-state index contributed by atoms with van der Waals surface area (Å²) >= 11 is 0. The third-order valence-electron chi connectivity index (χ3n) is 6.99. The molecule has 3 heterocycles. The molecule has 1 saturated heterocycles. The smallest absolute Gasteiger partial charge is 0.317 e. The van der Waals surface area contributed by atoms with Gasteiger partial charge in [0.15, 0.2) is 0 Å². The SMILES string of the molecule is CCCNC(=O)N1CCN(c2nc(C3CC3)c3c(c2C#N)CC(C)(C)OC3)CC1C(C)C. The van der Waals surface area contributed by atoms with Gasteiger partial charge in [-0.05, 0) is 44.6 Å². The van der Waals surface area contributed by atoms with Gasteiger partial charge in [-0.1, -0.05) is 20.8 Å². The predicted molar refractivity (Wildman–Crippen MR) is 125 cm³/mol. The molecule has 3 aliphatic rings. The van der Waals surface area contributed by atoms with E-state index in [1.165, 1.54) is 0 Å². The van der Waals surface area contributed by atoms with E-state index in [1.54, 1.807) is 0 Å². The van der Waals surface area contributed by atoms with Crippen LogP contribution >= 0.6 is 0 Å². The number of anilines is 1. The van der Waals surface area contributed by atoms with Crippen LogP contribution in [0.1, 0.15) is 82.2 Å². The average Bonchev–Trinajstić information content (AvgIpc) is 3.60. The van der Waals surface area contributed by atoms with Crippen molar-refractivity contribution in [1.29, 1.82) is 5.26 Å². The number of hydrogen-bond acceptors (Lipinski definition) is 5. The number of ether oxygens (including phenoxy) is 1. The minimum Gasteiger partial charge on any atom is -0.370 e. The number of nitriles is 1. The second-order valence-corrected chi connectivity index (χ2v) is 10.4. The lowest BCUT2D eigenvalue weighted by Gasteiger charge is -2.44. The van der Waals surface area contributed by atoms with E-state index >= 15 is 0 Å². The van der Waals surface area contributed by atoms with E-state index in [4.69, 9.17) is 9.72 Å². The fourth-order valence-corrected chi connectivity index (χ4v) is 4.98. The molecule has 2 aliphatic heterocycles. The summed E-state index contributed by atoms with van der Waals surface area (Å²) in [6.07, 6.45) is 3.97. The van der Waals surface area contributed by atoms with Gasteiger partial charge in [0.2, 0.25) is 0 Å². The summed E-state index contributed by atoms with van der Waals surface area (Å²) in [6.45, 7) is 13.8. The zero-order valence-electron chi connectivity index (χ0n) is 20.2. The van der Waals surface area contributed by atoms with Crippen LogP contribution in [-0.4, -0.2) is 53.7 Å². The summed E-state index contributed by atoms with van der Waals surface area (Å²) < 4.78 is 6.10. The minimum absolute atomic E-state index is 0.0154. The van der Waals surface area contributed by atoms with Crippen LogP contribution in [0, 0.1) is 17.2 Å². The quantitative estimate of drug-likeness (QED) is 0.751. The normalized spacial score (nSPS) is 22.5. The lowest BCUT2D eigenvalue weighted by atomic mass is 9.87. The summed E-state index contributed by atoms with van der Waals surface area (Å²) in [5, 5.41) is 13.2. The van der Waals surface area contributed by atoms with E-state index in [9.17, 15) is 10.1 Å². The Balaban J connectivity index is 1.68. The van der Waals surface area contributed by atoms with E-state index in [0.29, 0.717) is 50.2 Å². The van der Waals surface area contributed by atoms with Gasteiger partial charge in [-0.3, -0.25) is 0 Å². The standard InChI is InChI=1S/C25H37N5O2/c1-6-9-27-24(31)30-11-10-29(14-21(30)16(2)3)23-19(13-26)18-12-25(4,5)32-15-20(18)22(28-23)17-7-8-17/h16-17,21H,6-12,14-15H2,1-5H3,(H,27,31). The second kappa shape index (κ2) is 8.90. The zero-order chi connectivity index (χ0) is 23.0. The number of aromatic nitrogens is 1. The highest BCUT2D eigenvalue weighted by atomic mass is 16.5. The molecular weight excluding hydrogens is 402 g/mol. The van der Waals surface area contributed by atoms with E-state index in [-0.39, 0.29) is 17.7 Å². The molecule has 0 radical (unpaired) electrons. The number of nitrogens with zero attached hydrogens (tertiary/aromatic N) is 4. The molecule has 2 amide bonds. The largest absolute Gasteiger partial charge is 0.370 e. The maximum Gasteiger partial charge on any atom is 0.317 e. The molecule has 1 saturated carbocycles. The van der Waals surface area contributed by atoms with Crippen LogP contribution in [0.25, 0.3) is 0 Å². The van der Waals surface area contributed by atoms with Gasteiger partial charge in [-0.25, -0.2) is 9.78 Å². The molecule has 7 nitrogen and oxygen atoms in total. The highest BCUT2D eigenvalue weighted by Gasteiger charge is 2.39. The molecule has 32 heavy (non-hydrogen) atoms. The minimum atomic E-state index is -0.283. The molecule has 0 spiro atoms. The highest BCUT2D eigenvalue weighted by Crippen LogP contribution is 2.45. The Morgan fingerprint density at radius 2 is 2.06 bits per heavy atom. The maximum absolute atomic E-state index is 12.8. The van der Waals surface area contributed by atoms with E-state index in [1.807, 2.05) is 4.90 Å². The number of nitrogens with one attached hydrogen (secondary N) is 1. The van der Waals surface area contributed by atoms with Crippen molar-refractivity contribution in [1.82, 2.24) is 15.2 Å². The Morgan fingerprint density at radius 1 is 1.31 bits per heavy atom. The molecule has 1 atom stereocenters. The molecular formula is C25H37N5O2. The van der Waals surface area contributed by atoms with E-state index < -0.39 is 0 Å². The number of fused-ring (bicyclic) bond motifs is 1. The zero-order valence-corrected chi connectivity index (χ0v) is 20.2. The summed E-state index contributed by atoms with van der Waals surface area (Å²) in [6, 6.07) is 2.59. The van der Waals surface area contributed by atoms with Crippen molar-refractivity contribution >= 4 is 11.8 Å². The van der Waals surface area contributed by atoms with Crippen LogP contribution in [0.15, 0.2) is 0 Å². The summed E-state index contributed by atoms with van der Waals surface area (Å²) in [4.78, 5) is 22.1. The number of rotatable bonds is 5. The van der Waals surface area contributed by atoms with Crippen molar-refractivity contribution in [3.63, 3.8) is 0 Å². The van der Waals surface area contributed by atoms with Gasteiger partial charge >= 0.3 is 6.03 Å². The summed E-state index contributed by atoms with van der Waals surface area (Å²) in [5.74, 6) is 1.61. The molecule has 1 aliphatic carbocycles. The molecule has 0 bridgehead atoms. The Morgan fingerprint density at radius 3 is 2.69 bits per heavy atom. The number of amides is 2. The lowest BCUT2D eigenvalue weighted by molar-refractivity contribution is -0.0407. The Labute approximate surface area is 192 Å². The molecule has 4 rings (SSSR count). The van der Waals surface area contributed by atoms with Gasteiger partial charge in [0, 0.05) is 44.1 Å². The van der Waals surface area contributed by atoms with Crippen LogP contribution in [0.3, 0.4) is 0 Å². The van der Waals surface area contributed by atoms with Gasteiger partial charge in [0.1, 0.15) is 11.9 Å². The van der Waals surface area contributed by atoms with Crippen molar-refractivity contribution < 1.29 is 9.53 Å². The first-order valence-corrected chi connectivity index (χ1v) is 12.1. The van der Waals surface area contributed by atoms with Gasteiger partial charge < -0.3 is 19.9 Å². The number of hydrogen-bond donors (Lipinski definition) is 1. The van der Waals surface area contributed by atoms with Crippen molar-refractivity contribution in [3.05, 3.63) is 22.4 Å². The summed E-state index contributed by atoms with van der Waals surface area (Å²) in [5.41, 5.74) is 3.82. The molecule has 2 fully saturated rings. The first-order chi connectivity index (χ1) is 15.3. The third kappa shape index (κ3) is 4.43. The van der Waals surface area contributed by atoms with Gasteiger partial charge in [0.05, 0.1) is 29.5 Å². The Kier molecular flexibility index (Phi) is 6.35. The first kappa shape index (κ1) is 22.8. The number of carbonyl (C=O) groups is 1. The predicted octanol–water partition coefficient (Wildman–Crippen LogP) is 3.95. The van der Waals surface area contributed by atoms with Crippen LogP contribution in [0.2, 0.25) is 0 Å². The average molecular weight is 440 g/mol. The monoisotopic (exact) mass is 439 g/mol. The number of piperazine rings is 1. The first-order valence-electron chi connectivity index (χ1n) is 12.1. The van der Waals surface area contributed by atoms with Crippen LogP contribution in [0.4, 0.5) is 10.6 Å². The van der Waals surface area contributed by atoms with Gasteiger partial charge in [-0.15, -0.1) is 0 Å². The number of carbonyl (C=O) groups excluding carboxylic acids is 1. The Bertz CT molecular complexity index is 916. The maximum atomic E-state index is 12.8. The number of pyridine rings is 1. The molecule has 1 N–H and O–H groups in total.